The number of nitrogens with one attached hydrogen (secondary N) is 2. The van der Waals surface area contributed by atoms with Gasteiger partial charge in [0.25, 0.3) is 0 Å². The molecular weight excluding hydrogens is 372 g/mol. The Kier molecular flexibility index (Phi) is 6.08. The molecule has 0 saturated carbocycles. The third-order valence-corrected chi connectivity index (χ3v) is 5.09. The van der Waals surface area contributed by atoms with Crippen LogP contribution in [-0.4, -0.2) is 30.5 Å². The normalized spacial score (nSPS) is 12.1. The smallest absolute Gasteiger partial charge is 0.240 e. The zero-order chi connectivity index (χ0) is 20.3. The van der Waals surface area contributed by atoms with Crippen molar-refractivity contribution in [1.82, 2.24) is 29.9 Å². The highest BCUT2D eigenvalue weighted by Gasteiger charge is 2.17. The van der Waals surface area contributed by atoms with Gasteiger partial charge < -0.3 is 5.32 Å². The van der Waals surface area contributed by atoms with E-state index in [1.807, 2.05) is 36.9 Å². The second-order valence-corrected chi connectivity index (χ2v) is 7.39. The quantitative estimate of drug-likeness (QED) is 0.596. The molecule has 0 saturated heterocycles. The molecule has 1 aromatic carbocycles. The van der Waals surface area contributed by atoms with E-state index < -0.39 is 0 Å². The van der Waals surface area contributed by atoms with Gasteiger partial charge in [0.15, 0.2) is 4.77 Å². The van der Waals surface area contributed by atoms with E-state index in [4.69, 9.17) is 12.2 Å². The number of hydrogen-bond donors (Lipinski definition) is 2. The van der Waals surface area contributed by atoms with Crippen molar-refractivity contribution in [2.75, 3.05) is 0 Å². The third kappa shape index (κ3) is 4.22. The molecule has 0 fully saturated rings. The second-order valence-electron chi connectivity index (χ2n) is 7.00. The van der Waals surface area contributed by atoms with E-state index in [0.717, 1.165) is 35.6 Å². The Morgan fingerprint density at radius 3 is 2.68 bits per heavy atom. The number of benzene rings is 1. The van der Waals surface area contributed by atoms with Crippen LogP contribution in [0.5, 0.6) is 0 Å². The molecule has 8 heteroatoms. The SMILES string of the molecule is CCCc1n[nH]c(=S)n1CC(=O)N[C@@H](C)c1cnn(-c2ccc(C)cc2)c1C. The van der Waals surface area contributed by atoms with Crippen LogP contribution >= 0.6 is 12.2 Å². The van der Waals surface area contributed by atoms with Crippen LogP contribution in [0.1, 0.15) is 49.0 Å². The van der Waals surface area contributed by atoms with E-state index in [9.17, 15) is 4.79 Å². The van der Waals surface area contributed by atoms with Crippen LogP contribution < -0.4 is 5.32 Å². The number of nitrogens with zero attached hydrogens (tertiary/aromatic N) is 4. The molecule has 1 amide bonds. The van der Waals surface area contributed by atoms with Gasteiger partial charge in [0.2, 0.25) is 5.91 Å². The average molecular weight is 399 g/mol. The summed E-state index contributed by atoms with van der Waals surface area (Å²) in [6, 6.07) is 8.03. The van der Waals surface area contributed by atoms with E-state index in [-0.39, 0.29) is 18.5 Å². The van der Waals surface area contributed by atoms with E-state index in [0.29, 0.717) is 4.77 Å². The number of H-pyrrole nitrogens is 1. The summed E-state index contributed by atoms with van der Waals surface area (Å²) < 4.78 is 4.11. The van der Waals surface area contributed by atoms with Gasteiger partial charge >= 0.3 is 0 Å². The average Bonchev–Trinajstić information content (AvgIpc) is 3.20. The van der Waals surface area contributed by atoms with Gasteiger partial charge in [0.1, 0.15) is 12.4 Å². The van der Waals surface area contributed by atoms with Crippen molar-refractivity contribution < 1.29 is 4.79 Å². The molecule has 2 aromatic heterocycles. The summed E-state index contributed by atoms with van der Waals surface area (Å²) in [5.74, 6) is 0.698. The Labute approximate surface area is 169 Å². The largest absolute Gasteiger partial charge is 0.348 e. The first-order valence-electron chi connectivity index (χ1n) is 9.45. The summed E-state index contributed by atoms with van der Waals surface area (Å²) in [5, 5.41) is 14.5. The Morgan fingerprint density at radius 1 is 1.29 bits per heavy atom. The third-order valence-electron chi connectivity index (χ3n) is 4.78. The number of carbonyl (C=O) groups is 1. The van der Waals surface area contributed by atoms with E-state index in [1.54, 1.807) is 4.57 Å². The van der Waals surface area contributed by atoms with Crippen molar-refractivity contribution in [3.63, 3.8) is 0 Å². The molecule has 0 aliphatic heterocycles. The second kappa shape index (κ2) is 8.52. The van der Waals surface area contributed by atoms with E-state index in [2.05, 4.69) is 46.6 Å². The molecule has 3 aromatic rings. The van der Waals surface area contributed by atoms with Crippen LogP contribution in [0, 0.1) is 18.6 Å². The van der Waals surface area contributed by atoms with Gasteiger partial charge in [-0.25, -0.2) is 4.68 Å². The Hall–Kier alpha value is -2.74. The summed E-state index contributed by atoms with van der Waals surface area (Å²) in [5.41, 5.74) is 4.19. The van der Waals surface area contributed by atoms with Crippen LogP contribution in [0.15, 0.2) is 30.5 Å². The van der Waals surface area contributed by atoms with Gasteiger partial charge in [-0.15, -0.1) is 0 Å². The molecule has 7 nitrogen and oxygen atoms in total. The summed E-state index contributed by atoms with van der Waals surface area (Å²) in [6.07, 6.45) is 3.53. The predicted octanol–water partition coefficient (Wildman–Crippen LogP) is 3.57. The Balaban J connectivity index is 1.72. The highest BCUT2D eigenvalue weighted by Crippen LogP contribution is 2.20. The van der Waals surface area contributed by atoms with E-state index >= 15 is 0 Å². The number of aryl methyl sites for hydroxylation is 2. The lowest BCUT2D eigenvalue weighted by Crippen LogP contribution is -2.31. The predicted molar refractivity (Wildman–Crippen MR) is 111 cm³/mol. The summed E-state index contributed by atoms with van der Waals surface area (Å²) in [7, 11) is 0. The van der Waals surface area contributed by atoms with Crippen LogP contribution in [-0.2, 0) is 17.8 Å². The van der Waals surface area contributed by atoms with Gasteiger partial charge in [-0.1, -0.05) is 24.6 Å². The van der Waals surface area contributed by atoms with Gasteiger partial charge in [0.05, 0.1) is 17.9 Å². The monoisotopic (exact) mass is 398 g/mol. The Morgan fingerprint density at radius 2 is 2.00 bits per heavy atom. The zero-order valence-electron chi connectivity index (χ0n) is 16.7. The van der Waals surface area contributed by atoms with Crippen molar-refractivity contribution in [2.24, 2.45) is 0 Å². The molecule has 2 heterocycles. The van der Waals surface area contributed by atoms with Gasteiger partial charge in [0, 0.05) is 17.7 Å². The molecule has 1 atom stereocenters. The van der Waals surface area contributed by atoms with Crippen LogP contribution in [0.2, 0.25) is 0 Å². The molecule has 3 rings (SSSR count). The van der Waals surface area contributed by atoms with Crippen molar-refractivity contribution in [1.29, 1.82) is 0 Å². The first kappa shape index (κ1) is 20.0. The lowest BCUT2D eigenvalue weighted by atomic mass is 10.1. The molecule has 0 spiro atoms. The number of amides is 1. The van der Waals surface area contributed by atoms with Crippen molar-refractivity contribution in [2.45, 2.75) is 53.1 Å². The fourth-order valence-electron chi connectivity index (χ4n) is 3.23. The van der Waals surface area contributed by atoms with Crippen LogP contribution in [0.4, 0.5) is 0 Å². The first-order chi connectivity index (χ1) is 13.4. The number of aromatic amines is 1. The van der Waals surface area contributed by atoms with Crippen molar-refractivity contribution in [3.05, 3.63) is 57.9 Å². The van der Waals surface area contributed by atoms with E-state index in [1.165, 1.54) is 5.56 Å². The summed E-state index contributed by atoms with van der Waals surface area (Å²) in [6.45, 7) is 8.25. The maximum atomic E-state index is 12.6. The highest BCUT2D eigenvalue weighted by atomic mass is 32.1. The number of aromatic nitrogens is 5. The van der Waals surface area contributed by atoms with Gasteiger partial charge in [-0.2, -0.15) is 10.2 Å². The molecular formula is C20H26N6OS. The van der Waals surface area contributed by atoms with Gasteiger partial charge in [-0.05, 0) is 51.5 Å². The minimum Gasteiger partial charge on any atom is -0.348 e. The van der Waals surface area contributed by atoms with Crippen LogP contribution in [0.3, 0.4) is 0 Å². The molecule has 28 heavy (non-hydrogen) atoms. The molecule has 0 aliphatic carbocycles. The lowest BCUT2D eigenvalue weighted by molar-refractivity contribution is -0.122. The minimum absolute atomic E-state index is 0.107. The van der Waals surface area contributed by atoms with Crippen molar-refractivity contribution >= 4 is 18.1 Å². The summed E-state index contributed by atoms with van der Waals surface area (Å²) >= 11 is 5.25. The standard InChI is InChI=1S/C20H26N6OS/c1-5-6-18-23-24-20(28)25(18)12-19(27)22-14(3)17-11-21-26(15(17)4)16-9-7-13(2)8-10-16/h7-11,14H,5-6,12H2,1-4H3,(H,22,27)(H,24,28)/t14-/m0/s1. The Bertz CT molecular complexity index is 1010. The summed E-state index contributed by atoms with van der Waals surface area (Å²) in [4.78, 5) is 12.6. The maximum absolute atomic E-state index is 12.6. The fraction of sp³-hybridized carbons (Fsp3) is 0.400. The molecule has 0 radical (unpaired) electrons. The first-order valence-corrected chi connectivity index (χ1v) is 9.86. The highest BCUT2D eigenvalue weighted by molar-refractivity contribution is 7.71. The maximum Gasteiger partial charge on any atom is 0.240 e. The minimum atomic E-state index is -0.164. The zero-order valence-corrected chi connectivity index (χ0v) is 17.5. The van der Waals surface area contributed by atoms with Gasteiger partial charge in [-0.3, -0.25) is 14.5 Å². The topological polar surface area (TPSA) is 80.5 Å². The number of rotatable bonds is 7. The molecule has 0 unspecified atom stereocenters. The number of carbonyl (C=O) groups excluding carboxylic acids is 1. The molecule has 148 valence electrons. The van der Waals surface area contributed by atoms with Crippen LogP contribution in [0.25, 0.3) is 5.69 Å². The lowest BCUT2D eigenvalue weighted by Gasteiger charge is -2.15. The molecule has 0 aliphatic rings. The molecule has 0 bridgehead atoms. The molecule has 2 N–H and O–H groups in total. The fourth-order valence-corrected chi connectivity index (χ4v) is 3.45. The van der Waals surface area contributed by atoms with Crippen molar-refractivity contribution in [3.8, 4) is 5.69 Å². The number of hydrogen-bond acceptors (Lipinski definition) is 4.